The number of rotatable bonds is 1. The zero-order valence-electron chi connectivity index (χ0n) is 8.92. The zero-order chi connectivity index (χ0) is 9.26. The molecule has 1 aliphatic carbocycles. The summed E-state index contributed by atoms with van der Waals surface area (Å²) in [6, 6.07) is 1.65. The van der Waals surface area contributed by atoms with Crippen LogP contribution in [0, 0.1) is 5.92 Å². The fourth-order valence-electron chi connectivity index (χ4n) is 2.88. The summed E-state index contributed by atoms with van der Waals surface area (Å²) in [5, 5.41) is 3.46. The van der Waals surface area contributed by atoms with E-state index in [-0.39, 0.29) is 0 Å². The van der Waals surface area contributed by atoms with E-state index in [1.807, 2.05) is 0 Å². The summed E-state index contributed by atoms with van der Waals surface area (Å²) in [5.41, 5.74) is 0. The molecule has 0 spiro atoms. The quantitative estimate of drug-likeness (QED) is 0.660. The average molecular weight is 182 g/mol. The van der Waals surface area contributed by atoms with Crippen molar-refractivity contribution in [1.29, 1.82) is 0 Å². The number of hydrogen-bond donors (Lipinski definition) is 1. The molecule has 2 nitrogen and oxygen atoms in total. The number of nitrogens with zero attached hydrogens (tertiary/aromatic N) is 1. The van der Waals surface area contributed by atoms with Crippen LogP contribution in [0.4, 0.5) is 0 Å². The van der Waals surface area contributed by atoms with Crippen LogP contribution in [0.25, 0.3) is 0 Å². The molecule has 0 aromatic carbocycles. The molecule has 2 fully saturated rings. The van der Waals surface area contributed by atoms with Crippen LogP contribution in [-0.2, 0) is 0 Å². The van der Waals surface area contributed by atoms with Crippen molar-refractivity contribution < 1.29 is 0 Å². The van der Waals surface area contributed by atoms with Crippen molar-refractivity contribution in [2.75, 3.05) is 19.6 Å². The molecule has 1 saturated carbocycles. The lowest BCUT2D eigenvalue weighted by Gasteiger charge is -2.38. The molecular weight excluding hydrogens is 160 g/mol. The molecule has 1 aliphatic heterocycles. The van der Waals surface area contributed by atoms with Gasteiger partial charge in [0.05, 0.1) is 0 Å². The largest absolute Gasteiger partial charge is 0.314 e. The van der Waals surface area contributed by atoms with Gasteiger partial charge in [0.25, 0.3) is 0 Å². The minimum atomic E-state index is 0.754. The van der Waals surface area contributed by atoms with Crippen molar-refractivity contribution in [1.82, 2.24) is 10.2 Å². The highest BCUT2D eigenvalue weighted by molar-refractivity contribution is 4.87. The molecule has 0 bridgehead atoms. The Morgan fingerprint density at radius 2 is 2.08 bits per heavy atom. The molecule has 76 valence electrons. The number of nitrogens with one attached hydrogen (secondary N) is 1. The summed E-state index contributed by atoms with van der Waals surface area (Å²) in [6.07, 6.45) is 4.32. The molecule has 2 unspecified atom stereocenters. The molecule has 2 rings (SSSR count). The maximum absolute atomic E-state index is 3.46. The van der Waals surface area contributed by atoms with Crippen molar-refractivity contribution >= 4 is 0 Å². The van der Waals surface area contributed by atoms with Crippen molar-refractivity contribution in [3.63, 3.8) is 0 Å². The van der Waals surface area contributed by atoms with Crippen molar-refractivity contribution in [2.45, 2.75) is 45.2 Å². The van der Waals surface area contributed by atoms with Crippen LogP contribution in [0.1, 0.15) is 33.1 Å². The summed E-state index contributed by atoms with van der Waals surface area (Å²) >= 11 is 0. The van der Waals surface area contributed by atoms with Gasteiger partial charge in [-0.2, -0.15) is 0 Å². The van der Waals surface area contributed by atoms with E-state index in [0.29, 0.717) is 0 Å². The van der Waals surface area contributed by atoms with E-state index in [2.05, 4.69) is 24.1 Å². The van der Waals surface area contributed by atoms with E-state index in [1.165, 1.54) is 38.9 Å². The molecule has 1 saturated heterocycles. The Bertz CT molecular complexity index is 169. The Hall–Kier alpha value is -0.0800. The molecule has 0 radical (unpaired) electrons. The Morgan fingerprint density at radius 1 is 1.23 bits per heavy atom. The lowest BCUT2D eigenvalue weighted by molar-refractivity contribution is 0.117. The van der Waals surface area contributed by atoms with E-state index in [0.717, 1.165) is 18.0 Å². The molecule has 2 aliphatic rings. The van der Waals surface area contributed by atoms with Crippen LogP contribution >= 0.6 is 0 Å². The predicted molar refractivity (Wildman–Crippen MR) is 55.8 cm³/mol. The summed E-state index contributed by atoms with van der Waals surface area (Å²) in [4.78, 5) is 2.72. The first-order valence-electron chi connectivity index (χ1n) is 5.74. The summed E-state index contributed by atoms with van der Waals surface area (Å²) < 4.78 is 0. The van der Waals surface area contributed by atoms with Crippen molar-refractivity contribution in [3.8, 4) is 0 Å². The second-order valence-electron chi connectivity index (χ2n) is 4.86. The van der Waals surface area contributed by atoms with Crippen LogP contribution in [0.2, 0.25) is 0 Å². The SMILES string of the molecule is CC1CCC(N2CCNC[C@H]2C)C1. The van der Waals surface area contributed by atoms with E-state index < -0.39 is 0 Å². The standard InChI is InChI=1S/C11H22N2/c1-9-3-4-11(7-9)13-6-5-12-8-10(13)2/h9-12H,3-8H2,1-2H3/t9?,10-,11?/m1/s1. The maximum Gasteiger partial charge on any atom is 0.0195 e. The Morgan fingerprint density at radius 3 is 2.69 bits per heavy atom. The third kappa shape index (κ3) is 2.05. The Labute approximate surface area is 81.7 Å². The highest BCUT2D eigenvalue weighted by Gasteiger charge is 2.30. The van der Waals surface area contributed by atoms with Gasteiger partial charge in [-0.05, 0) is 32.1 Å². The van der Waals surface area contributed by atoms with Gasteiger partial charge in [-0.3, -0.25) is 4.90 Å². The van der Waals surface area contributed by atoms with Gasteiger partial charge in [-0.1, -0.05) is 6.92 Å². The van der Waals surface area contributed by atoms with E-state index in [1.54, 1.807) is 0 Å². The molecule has 1 N–H and O–H groups in total. The average Bonchev–Trinajstić information content (AvgIpc) is 2.53. The first-order chi connectivity index (χ1) is 6.27. The van der Waals surface area contributed by atoms with Gasteiger partial charge in [0.1, 0.15) is 0 Å². The zero-order valence-corrected chi connectivity index (χ0v) is 8.92. The molecular formula is C11H22N2. The fraction of sp³-hybridized carbons (Fsp3) is 1.00. The van der Waals surface area contributed by atoms with Gasteiger partial charge < -0.3 is 5.32 Å². The fourth-order valence-corrected chi connectivity index (χ4v) is 2.88. The Kier molecular flexibility index (Phi) is 2.89. The van der Waals surface area contributed by atoms with Crippen molar-refractivity contribution in [3.05, 3.63) is 0 Å². The molecule has 1 heterocycles. The smallest absolute Gasteiger partial charge is 0.0195 e. The lowest BCUT2D eigenvalue weighted by Crippen LogP contribution is -2.53. The first kappa shape index (κ1) is 9.47. The maximum atomic E-state index is 3.46. The van der Waals surface area contributed by atoms with Gasteiger partial charge in [-0.25, -0.2) is 0 Å². The second kappa shape index (κ2) is 3.97. The van der Waals surface area contributed by atoms with Crippen LogP contribution < -0.4 is 5.32 Å². The van der Waals surface area contributed by atoms with Crippen LogP contribution in [0.5, 0.6) is 0 Å². The van der Waals surface area contributed by atoms with Gasteiger partial charge in [0, 0.05) is 31.7 Å². The van der Waals surface area contributed by atoms with Gasteiger partial charge in [0.2, 0.25) is 0 Å². The topological polar surface area (TPSA) is 15.3 Å². The molecule has 2 heteroatoms. The van der Waals surface area contributed by atoms with Crippen LogP contribution in [0.15, 0.2) is 0 Å². The lowest BCUT2D eigenvalue weighted by atomic mass is 10.1. The van der Waals surface area contributed by atoms with Gasteiger partial charge in [0.15, 0.2) is 0 Å². The third-order valence-electron chi connectivity index (χ3n) is 3.69. The van der Waals surface area contributed by atoms with E-state index in [4.69, 9.17) is 0 Å². The molecule has 0 amide bonds. The molecule has 3 atom stereocenters. The minimum absolute atomic E-state index is 0.754. The number of piperazine rings is 1. The summed E-state index contributed by atoms with van der Waals surface area (Å²) in [7, 11) is 0. The predicted octanol–water partition coefficient (Wildman–Crippen LogP) is 1.47. The van der Waals surface area contributed by atoms with E-state index >= 15 is 0 Å². The van der Waals surface area contributed by atoms with Gasteiger partial charge in [-0.15, -0.1) is 0 Å². The van der Waals surface area contributed by atoms with Crippen LogP contribution in [0.3, 0.4) is 0 Å². The Balaban J connectivity index is 1.91. The van der Waals surface area contributed by atoms with Gasteiger partial charge >= 0.3 is 0 Å². The summed E-state index contributed by atoms with van der Waals surface area (Å²) in [5.74, 6) is 0.965. The van der Waals surface area contributed by atoms with E-state index in [9.17, 15) is 0 Å². The van der Waals surface area contributed by atoms with Crippen LogP contribution in [-0.4, -0.2) is 36.6 Å². The second-order valence-corrected chi connectivity index (χ2v) is 4.86. The third-order valence-corrected chi connectivity index (χ3v) is 3.69. The number of hydrogen-bond acceptors (Lipinski definition) is 2. The highest BCUT2D eigenvalue weighted by atomic mass is 15.2. The summed E-state index contributed by atoms with van der Waals surface area (Å²) in [6.45, 7) is 8.39. The molecule has 13 heavy (non-hydrogen) atoms. The monoisotopic (exact) mass is 182 g/mol. The first-order valence-corrected chi connectivity index (χ1v) is 5.74. The minimum Gasteiger partial charge on any atom is -0.314 e. The van der Waals surface area contributed by atoms with Crippen molar-refractivity contribution in [2.24, 2.45) is 5.92 Å². The molecule has 0 aromatic rings. The molecule has 0 aromatic heterocycles. The normalized spacial score (nSPS) is 42.5. The highest BCUT2D eigenvalue weighted by Crippen LogP contribution is 2.30.